The molecule has 1 saturated heterocycles. The summed E-state index contributed by atoms with van der Waals surface area (Å²) in [6.45, 7) is 3.56. The highest BCUT2D eigenvalue weighted by Gasteiger charge is 2.50. The minimum absolute atomic E-state index is 0.0265. The van der Waals surface area contributed by atoms with Gasteiger partial charge in [-0.25, -0.2) is 5.01 Å². The van der Waals surface area contributed by atoms with Gasteiger partial charge >= 0.3 is 0 Å². The van der Waals surface area contributed by atoms with Gasteiger partial charge in [-0.15, -0.1) is 0 Å². The molecule has 1 fully saturated rings. The number of hydrogen-bond acceptors (Lipinski definition) is 7. The molecule has 2 aromatic carbocycles. The van der Waals surface area contributed by atoms with Crippen molar-refractivity contribution in [2.45, 2.75) is 31.6 Å². The lowest BCUT2D eigenvalue weighted by atomic mass is 10.0. The SMILES string of the molecule is CCC/C=C1/SC(C)(c2ccc(O)c(O)c2O)N(NC(=O)c2ccccc2O)C1=O. The largest absolute Gasteiger partial charge is 0.507 e. The Morgan fingerprint density at radius 1 is 1.10 bits per heavy atom. The van der Waals surface area contributed by atoms with Crippen LogP contribution in [0.2, 0.25) is 0 Å². The molecule has 0 bridgehead atoms. The van der Waals surface area contributed by atoms with Crippen LogP contribution < -0.4 is 5.43 Å². The topological polar surface area (TPSA) is 130 Å². The first-order chi connectivity index (χ1) is 14.2. The summed E-state index contributed by atoms with van der Waals surface area (Å²) in [5, 5.41) is 41.1. The Balaban J connectivity index is 2.07. The lowest BCUT2D eigenvalue weighted by Crippen LogP contribution is -2.51. The van der Waals surface area contributed by atoms with E-state index in [4.69, 9.17) is 0 Å². The fourth-order valence-corrected chi connectivity index (χ4v) is 4.42. The Kier molecular flexibility index (Phi) is 5.84. The van der Waals surface area contributed by atoms with Gasteiger partial charge in [0, 0.05) is 5.56 Å². The van der Waals surface area contributed by atoms with Crippen LogP contribution in [-0.2, 0) is 9.67 Å². The highest BCUT2D eigenvalue weighted by Crippen LogP contribution is 2.54. The highest BCUT2D eigenvalue weighted by molar-refractivity contribution is 8.05. The van der Waals surface area contributed by atoms with Gasteiger partial charge in [0.15, 0.2) is 11.5 Å². The molecule has 1 heterocycles. The summed E-state index contributed by atoms with van der Waals surface area (Å²) in [4.78, 5) is 24.9. The predicted octanol–water partition coefficient (Wildman–Crippen LogP) is 3.29. The number of hydrogen-bond donors (Lipinski definition) is 5. The van der Waals surface area contributed by atoms with Crippen molar-refractivity contribution in [3.63, 3.8) is 0 Å². The van der Waals surface area contributed by atoms with Crippen LogP contribution in [0.1, 0.15) is 42.6 Å². The number of rotatable bonds is 5. The average Bonchev–Trinajstić information content (AvgIpc) is 2.95. The van der Waals surface area contributed by atoms with Crippen molar-refractivity contribution in [2.75, 3.05) is 0 Å². The lowest BCUT2D eigenvalue weighted by Gasteiger charge is -2.34. The molecule has 1 aliphatic heterocycles. The smallest absolute Gasteiger partial charge is 0.280 e. The van der Waals surface area contributed by atoms with Gasteiger partial charge in [-0.1, -0.05) is 43.3 Å². The molecule has 8 nitrogen and oxygen atoms in total. The Morgan fingerprint density at radius 2 is 1.80 bits per heavy atom. The van der Waals surface area contributed by atoms with Gasteiger partial charge < -0.3 is 20.4 Å². The number of thioether (sulfide) groups is 1. The number of carbonyl (C=O) groups is 2. The molecule has 158 valence electrons. The van der Waals surface area contributed by atoms with E-state index in [1.807, 2.05) is 6.92 Å². The van der Waals surface area contributed by atoms with Crippen LogP contribution in [0.15, 0.2) is 47.4 Å². The number of unbranched alkanes of at least 4 members (excludes halogenated alkanes) is 1. The van der Waals surface area contributed by atoms with Crippen molar-refractivity contribution < 1.29 is 30.0 Å². The summed E-state index contributed by atoms with van der Waals surface area (Å²) in [5.74, 6) is -3.29. The number of aromatic hydroxyl groups is 4. The summed E-state index contributed by atoms with van der Waals surface area (Å²) >= 11 is 1.10. The number of phenols is 4. The molecule has 3 rings (SSSR count). The normalized spacial score (nSPS) is 20.0. The third-order valence-electron chi connectivity index (χ3n) is 4.76. The summed E-state index contributed by atoms with van der Waals surface area (Å²) in [7, 11) is 0. The Labute approximate surface area is 177 Å². The second-order valence-corrected chi connectivity index (χ2v) is 8.31. The Bertz CT molecular complexity index is 1040. The number of phenolic OH excluding ortho intramolecular Hbond substituents is 4. The summed E-state index contributed by atoms with van der Waals surface area (Å²) < 4.78 is 0. The first-order valence-corrected chi connectivity index (χ1v) is 10.1. The number of carbonyl (C=O) groups excluding carboxylic acids is 2. The maximum absolute atomic E-state index is 13.1. The molecule has 0 saturated carbocycles. The van der Waals surface area contributed by atoms with Crippen molar-refractivity contribution in [1.82, 2.24) is 10.4 Å². The molecule has 5 N–H and O–H groups in total. The number of hydrazine groups is 1. The first-order valence-electron chi connectivity index (χ1n) is 9.27. The second kappa shape index (κ2) is 8.19. The third-order valence-corrected chi connectivity index (χ3v) is 6.12. The van der Waals surface area contributed by atoms with E-state index in [9.17, 15) is 30.0 Å². The van der Waals surface area contributed by atoms with Gasteiger partial charge in [-0.2, -0.15) is 0 Å². The van der Waals surface area contributed by atoms with Gasteiger partial charge in [0.05, 0.1) is 10.5 Å². The molecule has 0 aliphatic carbocycles. The van der Waals surface area contributed by atoms with Crippen molar-refractivity contribution in [1.29, 1.82) is 0 Å². The van der Waals surface area contributed by atoms with Gasteiger partial charge in [0.25, 0.3) is 11.8 Å². The molecule has 9 heteroatoms. The Morgan fingerprint density at radius 3 is 2.47 bits per heavy atom. The maximum atomic E-state index is 13.1. The fraction of sp³-hybridized carbons (Fsp3) is 0.238. The molecular formula is C21H22N2O6S. The highest BCUT2D eigenvalue weighted by atomic mass is 32.2. The van der Waals surface area contributed by atoms with Crippen molar-refractivity contribution in [3.8, 4) is 23.0 Å². The number of para-hydroxylation sites is 1. The third kappa shape index (κ3) is 3.63. The quantitative estimate of drug-likeness (QED) is 0.363. The zero-order chi connectivity index (χ0) is 22.1. The summed E-state index contributed by atoms with van der Waals surface area (Å²) in [5.41, 5.74) is 2.60. The fourth-order valence-electron chi connectivity index (χ4n) is 3.12. The second-order valence-electron chi connectivity index (χ2n) is 6.87. The molecule has 1 atom stereocenters. The number of allylic oxidation sites excluding steroid dienone is 1. The van der Waals surface area contributed by atoms with Gasteiger partial charge in [0.1, 0.15) is 10.6 Å². The van der Waals surface area contributed by atoms with Crippen LogP contribution >= 0.6 is 11.8 Å². The molecule has 2 aromatic rings. The number of nitrogens with one attached hydrogen (secondary N) is 1. The zero-order valence-corrected chi connectivity index (χ0v) is 17.2. The molecule has 1 unspecified atom stereocenters. The zero-order valence-electron chi connectivity index (χ0n) is 16.4. The van der Waals surface area contributed by atoms with E-state index in [0.717, 1.165) is 23.2 Å². The van der Waals surface area contributed by atoms with Crippen LogP contribution in [0.5, 0.6) is 23.0 Å². The molecule has 2 amide bonds. The predicted molar refractivity (Wildman–Crippen MR) is 112 cm³/mol. The molecule has 0 aromatic heterocycles. The maximum Gasteiger partial charge on any atom is 0.280 e. The summed E-state index contributed by atoms with van der Waals surface area (Å²) in [6.07, 6.45) is 3.19. The van der Waals surface area contributed by atoms with E-state index in [-0.39, 0.29) is 16.9 Å². The average molecular weight is 430 g/mol. The molecule has 1 aliphatic rings. The van der Waals surface area contributed by atoms with Crippen molar-refractivity contribution in [3.05, 3.63) is 58.5 Å². The number of benzene rings is 2. The van der Waals surface area contributed by atoms with E-state index in [0.29, 0.717) is 11.3 Å². The number of nitrogens with zero attached hydrogens (tertiary/aromatic N) is 1. The van der Waals surface area contributed by atoms with Gasteiger partial charge in [-0.05, 0) is 37.6 Å². The van der Waals surface area contributed by atoms with Crippen LogP contribution in [0, 0.1) is 0 Å². The lowest BCUT2D eigenvalue weighted by molar-refractivity contribution is -0.131. The van der Waals surface area contributed by atoms with Crippen molar-refractivity contribution in [2.24, 2.45) is 0 Å². The van der Waals surface area contributed by atoms with Gasteiger partial charge in [0.2, 0.25) is 5.75 Å². The van der Waals surface area contributed by atoms with Crippen LogP contribution in [0.3, 0.4) is 0 Å². The minimum Gasteiger partial charge on any atom is -0.507 e. The van der Waals surface area contributed by atoms with Crippen LogP contribution in [0.4, 0.5) is 0 Å². The van der Waals surface area contributed by atoms with Crippen LogP contribution in [-0.4, -0.2) is 37.2 Å². The van der Waals surface area contributed by atoms with Gasteiger partial charge in [-0.3, -0.25) is 15.0 Å². The van der Waals surface area contributed by atoms with E-state index in [1.165, 1.54) is 24.3 Å². The monoisotopic (exact) mass is 430 g/mol. The first kappa shape index (κ1) is 21.4. The minimum atomic E-state index is -1.33. The Hall–Kier alpha value is -3.33. The van der Waals surface area contributed by atoms with E-state index in [1.54, 1.807) is 25.1 Å². The standard InChI is InChI=1S/C21H22N2O6S/c1-3-4-9-16-20(29)23(22-19(28)12-7-5-6-8-14(12)24)21(2,30-16)13-10-11-15(25)18(27)17(13)26/h5-11,24-27H,3-4H2,1-2H3,(H,22,28)/b16-9+. The van der Waals surface area contributed by atoms with E-state index in [2.05, 4.69) is 5.43 Å². The molecular weight excluding hydrogens is 408 g/mol. The summed E-state index contributed by atoms with van der Waals surface area (Å²) in [6, 6.07) is 8.46. The van der Waals surface area contributed by atoms with E-state index < -0.39 is 33.9 Å². The van der Waals surface area contributed by atoms with E-state index >= 15 is 0 Å². The van der Waals surface area contributed by atoms with Crippen molar-refractivity contribution >= 4 is 23.6 Å². The number of amides is 2. The molecule has 0 radical (unpaired) electrons. The molecule has 30 heavy (non-hydrogen) atoms. The van der Waals surface area contributed by atoms with Crippen LogP contribution in [0.25, 0.3) is 0 Å². The molecule has 0 spiro atoms.